The molecule has 2 aliphatic heterocycles. The van der Waals surface area contributed by atoms with Crippen molar-refractivity contribution in [3.8, 4) is 0 Å². The summed E-state index contributed by atoms with van der Waals surface area (Å²) >= 11 is 0. The van der Waals surface area contributed by atoms with Crippen molar-refractivity contribution in [2.45, 2.75) is 45.2 Å². The molecule has 0 N–H and O–H groups in total. The Morgan fingerprint density at radius 2 is 1.40 bits per heavy atom. The van der Waals surface area contributed by atoms with Gasteiger partial charge in [-0.15, -0.1) is 0 Å². The minimum absolute atomic E-state index is 0.264. The van der Waals surface area contributed by atoms with Gasteiger partial charge in [0.15, 0.2) is 0 Å². The Labute approximate surface area is 124 Å². The van der Waals surface area contributed by atoms with E-state index in [0.29, 0.717) is 19.1 Å². The second kappa shape index (κ2) is 5.91. The zero-order valence-electron chi connectivity index (χ0n) is 13.3. The van der Waals surface area contributed by atoms with Gasteiger partial charge in [-0.25, -0.2) is 8.42 Å². The van der Waals surface area contributed by atoms with E-state index >= 15 is 0 Å². The van der Waals surface area contributed by atoms with Crippen LogP contribution in [0.4, 0.5) is 0 Å². The first-order valence-electron chi connectivity index (χ1n) is 7.62. The highest BCUT2D eigenvalue weighted by Crippen LogP contribution is 2.24. The van der Waals surface area contributed by atoms with E-state index in [9.17, 15) is 8.42 Å². The molecule has 0 saturated carbocycles. The third-order valence-electron chi connectivity index (χ3n) is 4.67. The lowest BCUT2D eigenvalue weighted by Gasteiger charge is -2.45. The monoisotopic (exact) mass is 303 g/mol. The van der Waals surface area contributed by atoms with Crippen LogP contribution in [0.2, 0.25) is 0 Å². The van der Waals surface area contributed by atoms with Crippen LogP contribution in [-0.2, 0) is 10.0 Å². The number of rotatable bonds is 2. The van der Waals surface area contributed by atoms with Gasteiger partial charge < -0.3 is 0 Å². The molecule has 0 amide bonds. The summed E-state index contributed by atoms with van der Waals surface area (Å²) < 4.78 is 24.7. The van der Waals surface area contributed by atoms with Gasteiger partial charge in [0.2, 0.25) is 10.0 Å². The van der Waals surface area contributed by atoms with Crippen molar-refractivity contribution >= 4 is 10.0 Å². The highest BCUT2D eigenvalue weighted by Gasteiger charge is 2.32. The third kappa shape index (κ3) is 3.93. The number of piperazine rings is 1. The molecule has 6 heteroatoms. The molecule has 20 heavy (non-hydrogen) atoms. The molecule has 0 aliphatic carbocycles. The molecule has 0 atom stereocenters. The van der Waals surface area contributed by atoms with Gasteiger partial charge in [0, 0.05) is 50.8 Å². The predicted molar refractivity (Wildman–Crippen MR) is 82.3 cm³/mol. The summed E-state index contributed by atoms with van der Waals surface area (Å²) in [6.07, 6.45) is 3.72. The number of likely N-dealkylation sites (tertiary alicyclic amines) is 1. The fraction of sp³-hybridized carbons (Fsp3) is 1.00. The summed E-state index contributed by atoms with van der Waals surface area (Å²) in [5, 5.41) is 0. The van der Waals surface area contributed by atoms with E-state index < -0.39 is 10.0 Å². The normalized spacial score (nSPS) is 26.0. The molecule has 2 fully saturated rings. The second-order valence-corrected chi connectivity index (χ2v) is 9.07. The van der Waals surface area contributed by atoms with Gasteiger partial charge in [0.25, 0.3) is 0 Å². The Kier molecular flexibility index (Phi) is 4.79. The minimum Gasteiger partial charge on any atom is -0.298 e. The summed E-state index contributed by atoms with van der Waals surface area (Å²) in [6, 6.07) is 0.635. The topological polar surface area (TPSA) is 43.9 Å². The highest BCUT2D eigenvalue weighted by molar-refractivity contribution is 7.88. The molecular formula is C14H29N3O2S. The average molecular weight is 303 g/mol. The Bertz CT molecular complexity index is 414. The fourth-order valence-electron chi connectivity index (χ4n) is 3.30. The lowest BCUT2D eigenvalue weighted by molar-refractivity contribution is 0.0438. The number of nitrogens with zero attached hydrogens (tertiary/aromatic N) is 3. The Morgan fingerprint density at radius 3 is 1.80 bits per heavy atom. The molecule has 2 aliphatic rings. The van der Waals surface area contributed by atoms with Crippen LogP contribution in [0.15, 0.2) is 0 Å². The molecule has 2 rings (SSSR count). The molecule has 0 aromatic carbocycles. The molecule has 5 nitrogen and oxygen atoms in total. The zero-order valence-corrected chi connectivity index (χ0v) is 14.1. The smallest absolute Gasteiger partial charge is 0.211 e. The van der Waals surface area contributed by atoms with Crippen LogP contribution in [0.1, 0.15) is 33.6 Å². The van der Waals surface area contributed by atoms with Gasteiger partial charge in [-0.1, -0.05) is 0 Å². The maximum Gasteiger partial charge on any atom is 0.211 e. The van der Waals surface area contributed by atoms with Gasteiger partial charge >= 0.3 is 0 Å². The molecule has 118 valence electrons. The Balaban J connectivity index is 1.82. The Morgan fingerprint density at radius 1 is 0.900 bits per heavy atom. The molecule has 0 aromatic rings. The summed E-state index contributed by atoms with van der Waals surface area (Å²) in [7, 11) is -3.01. The van der Waals surface area contributed by atoms with Crippen LogP contribution in [0.5, 0.6) is 0 Å². The molecule has 0 aromatic heterocycles. The van der Waals surface area contributed by atoms with E-state index in [4.69, 9.17) is 0 Å². The molecule has 0 radical (unpaired) electrons. The maximum absolute atomic E-state index is 11.5. The summed E-state index contributed by atoms with van der Waals surface area (Å²) in [4.78, 5) is 5.04. The maximum atomic E-state index is 11.5. The van der Waals surface area contributed by atoms with Crippen LogP contribution in [-0.4, -0.2) is 79.6 Å². The van der Waals surface area contributed by atoms with Gasteiger partial charge in [-0.3, -0.25) is 9.80 Å². The quantitative estimate of drug-likeness (QED) is 0.758. The minimum atomic E-state index is -3.01. The standard InChI is InChI=1S/C14H29N3O2S/c1-14(2,3)16-7-5-13(6-8-16)15-9-11-17(12-10-15)20(4,18)19/h13H,5-12H2,1-4H3. The molecule has 2 saturated heterocycles. The van der Waals surface area contributed by atoms with Crippen molar-refractivity contribution in [2.24, 2.45) is 0 Å². The van der Waals surface area contributed by atoms with Gasteiger partial charge in [-0.05, 0) is 33.6 Å². The largest absolute Gasteiger partial charge is 0.298 e. The van der Waals surface area contributed by atoms with Crippen molar-refractivity contribution in [1.29, 1.82) is 0 Å². The number of piperidine rings is 1. The van der Waals surface area contributed by atoms with Crippen LogP contribution in [0.25, 0.3) is 0 Å². The second-order valence-electron chi connectivity index (χ2n) is 7.09. The van der Waals surface area contributed by atoms with Crippen LogP contribution < -0.4 is 0 Å². The van der Waals surface area contributed by atoms with E-state index in [0.717, 1.165) is 26.2 Å². The van der Waals surface area contributed by atoms with Gasteiger partial charge in [0.1, 0.15) is 0 Å². The van der Waals surface area contributed by atoms with E-state index in [1.807, 2.05) is 0 Å². The highest BCUT2D eigenvalue weighted by atomic mass is 32.2. The summed E-state index contributed by atoms with van der Waals surface area (Å²) in [6.45, 7) is 12.2. The van der Waals surface area contributed by atoms with E-state index in [1.54, 1.807) is 4.31 Å². The number of hydrogen-bond acceptors (Lipinski definition) is 4. The third-order valence-corrected chi connectivity index (χ3v) is 5.97. The van der Waals surface area contributed by atoms with Crippen LogP contribution >= 0.6 is 0 Å². The first-order chi connectivity index (χ1) is 9.18. The molecule has 0 bridgehead atoms. The van der Waals surface area contributed by atoms with Crippen molar-refractivity contribution in [3.63, 3.8) is 0 Å². The molecule has 0 unspecified atom stereocenters. The molecular weight excluding hydrogens is 274 g/mol. The average Bonchev–Trinajstić information content (AvgIpc) is 2.37. The SMILES string of the molecule is CC(C)(C)N1CCC(N2CCN(S(C)(=O)=O)CC2)CC1. The zero-order chi connectivity index (χ0) is 15.0. The number of sulfonamides is 1. The van der Waals surface area contributed by atoms with Crippen LogP contribution in [0, 0.1) is 0 Å². The van der Waals surface area contributed by atoms with E-state index in [1.165, 1.54) is 19.1 Å². The van der Waals surface area contributed by atoms with Crippen molar-refractivity contribution in [2.75, 3.05) is 45.5 Å². The predicted octanol–water partition coefficient (Wildman–Crippen LogP) is 0.827. The van der Waals surface area contributed by atoms with Gasteiger partial charge in [-0.2, -0.15) is 4.31 Å². The molecule has 0 spiro atoms. The Hall–Kier alpha value is -0.170. The fourth-order valence-corrected chi connectivity index (χ4v) is 4.13. The summed E-state index contributed by atoms with van der Waals surface area (Å²) in [5.74, 6) is 0. The first kappa shape index (κ1) is 16.2. The van der Waals surface area contributed by atoms with Crippen LogP contribution in [0.3, 0.4) is 0 Å². The summed E-state index contributed by atoms with van der Waals surface area (Å²) in [5.41, 5.74) is 0.264. The first-order valence-corrected chi connectivity index (χ1v) is 9.47. The van der Waals surface area contributed by atoms with E-state index in [2.05, 4.69) is 30.6 Å². The number of hydrogen-bond donors (Lipinski definition) is 0. The van der Waals surface area contributed by atoms with Crippen molar-refractivity contribution < 1.29 is 8.42 Å². The van der Waals surface area contributed by atoms with Gasteiger partial charge in [0.05, 0.1) is 6.26 Å². The lowest BCUT2D eigenvalue weighted by atomic mass is 9.97. The molecule has 2 heterocycles. The van der Waals surface area contributed by atoms with Crippen molar-refractivity contribution in [3.05, 3.63) is 0 Å². The van der Waals surface area contributed by atoms with Crippen molar-refractivity contribution in [1.82, 2.24) is 14.1 Å². The van der Waals surface area contributed by atoms with E-state index in [-0.39, 0.29) is 5.54 Å². The lowest BCUT2D eigenvalue weighted by Crippen LogP contribution is -2.55.